The van der Waals surface area contributed by atoms with Crippen LogP contribution < -0.4 is 5.73 Å². The number of benzene rings is 2. The van der Waals surface area contributed by atoms with E-state index in [-0.39, 0.29) is 22.5 Å². The number of aromatic carboxylic acids is 1. The maximum atomic E-state index is 12.3. The summed E-state index contributed by atoms with van der Waals surface area (Å²) in [5.41, 5.74) is 7.49. The Balaban J connectivity index is 2.41. The lowest BCUT2D eigenvalue weighted by molar-refractivity contribution is 0.0592. The smallest absolute Gasteiger partial charge is 0.357 e. The molecule has 0 aliphatic carbocycles. The van der Waals surface area contributed by atoms with Crippen molar-refractivity contribution in [1.29, 1.82) is 5.26 Å². The third-order valence-electron chi connectivity index (χ3n) is 4.14. The molecule has 0 saturated carbocycles. The van der Waals surface area contributed by atoms with Crippen molar-refractivity contribution in [2.75, 3.05) is 12.8 Å². The average Bonchev–Trinajstić information content (AvgIpc) is 3.03. The summed E-state index contributed by atoms with van der Waals surface area (Å²) in [6, 6.07) is 15.5. The predicted molar refractivity (Wildman–Crippen MR) is 98.6 cm³/mol. The van der Waals surface area contributed by atoms with Crippen LogP contribution in [0, 0.1) is 11.3 Å². The molecule has 3 rings (SSSR count). The number of aromatic nitrogens is 1. The molecule has 3 N–H and O–H groups in total. The van der Waals surface area contributed by atoms with Gasteiger partial charge in [0.25, 0.3) is 0 Å². The number of carbonyl (C=O) groups is 2. The molecule has 1 heterocycles. The molecule has 0 amide bonds. The largest absolute Gasteiger partial charge is 0.478 e. The zero-order valence-corrected chi connectivity index (χ0v) is 14.3. The van der Waals surface area contributed by atoms with E-state index in [0.29, 0.717) is 16.8 Å². The summed E-state index contributed by atoms with van der Waals surface area (Å²) < 4.78 is 6.19. The highest BCUT2D eigenvalue weighted by atomic mass is 16.5. The molecule has 27 heavy (non-hydrogen) atoms. The second-order valence-corrected chi connectivity index (χ2v) is 5.65. The Morgan fingerprint density at radius 1 is 1.15 bits per heavy atom. The Morgan fingerprint density at radius 2 is 1.85 bits per heavy atom. The first-order valence-electron chi connectivity index (χ1n) is 7.91. The van der Waals surface area contributed by atoms with Crippen LogP contribution in [0.2, 0.25) is 0 Å². The fourth-order valence-electron chi connectivity index (χ4n) is 2.93. The van der Waals surface area contributed by atoms with Gasteiger partial charge in [0.2, 0.25) is 0 Å². The molecule has 0 radical (unpaired) electrons. The van der Waals surface area contributed by atoms with E-state index in [1.807, 2.05) is 12.1 Å². The number of nitrogens with two attached hydrogens (primary N) is 1. The molecular formula is C20H15N3O4. The summed E-state index contributed by atoms with van der Waals surface area (Å²) in [5.74, 6) is -1.84. The molecule has 0 unspecified atom stereocenters. The molecule has 134 valence electrons. The summed E-state index contributed by atoms with van der Waals surface area (Å²) in [6.45, 7) is 0. The van der Waals surface area contributed by atoms with Gasteiger partial charge in [-0.3, -0.25) is 0 Å². The van der Waals surface area contributed by atoms with E-state index in [4.69, 9.17) is 10.5 Å². The van der Waals surface area contributed by atoms with Crippen molar-refractivity contribution < 1.29 is 19.4 Å². The Morgan fingerprint density at radius 3 is 2.44 bits per heavy atom. The van der Waals surface area contributed by atoms with Crippen LogP contribution in [0.15, 0.2) is 54.7 Å². The van der Waals surface area contributed by atoms with Crippen molar-refractivity contribution in [1.82, 2.24) is 4.57 Å². The molecule has 0 bridgehead atoms. The van der Waals surface area contributed by atoms with E-state index in [9.17, 15) is 20.0 Å². The lowest BCUT2D eigenvalue weighted by Crippen LogP contribution is -2.13. The Bertz CT molecular complexity index is 1080. The molecule has 7 heteroatoms. The highest BCUT2D eigenvalue weighted by Crippen LogP contribution is 2.34. The van der Waals surface area contributed by atoms with Crippen LogP contribution in [0.5, 0.6) is 0 Å². The van der Waals surface area contributed by atoms with Gasteiger partial charge < -0.3 is 20.1 Å². The van der Waals surface area contributed by atoms with Gasteiger partial charge in [0.05, 0.1) is 29.6 Å². The number of nitrogens with zero attached hydrogens (tertiary/aromatic N) is 2. The molecule has 0 fully saturated rings. The number of esters is 1. The van der Waals surface area contributed by atoms with E-state index in [1.165, 1.54) is 23.9 Å². The van der Waals surface area contributed by atoms with Crippen molar-refractivity contribution in [3.05, 3.63) is 71.5 Å². The topological polar surface area (TPSA) is 118 Å². The molecule has 0 atom stereocenters. The predicted octanol–water partition coefficient (Wildman–Crippen LogP) is 3.08. The minimum Gasteiger partial charge on any atom is -0.478 e. The number of carbonyl (C=O) groups excluding carboxylic acids is 1. The zero-order valence-electron chi connectivity index (χ0n) is 14.3. The van der Waals surface area contributed by atoms with Crippen LogP contribution in [0.1, 0.15) is 26.4 Å². The molecule has 0 aliphatic rings. The van der Waals surface area contributed by atoms with Gasteiger partial charge in [0.1, 0.15) is 6.07 Å². The Kier molecular flexibility index (Phi) is 4.64. The van der Waals surface area contributed by atoms with Crippen molar-refractivity contribution >= 4 is 17.6 Å². The lowest BCUT2D eigenvalue weighted by Gasteiger charge is -2.16. The number of carboxylic acids is 1. The van der Waals surface area contributed by atoms with Gasteiger partial charge in [-0.25, -0.2) is 9.59 Å². The van der Waals surface area contributed by atoms with Crippen molar-refractivity contribution in [2.45, 2.75) is 0 Å². The van der Waals surface area contributed by atoms with Gasteiger partial charge in [-0.1, -0.05) is 36.4 Å². The maximum absolute atomic E-state index is 12.3. The van der Waals surface area contributed by atoms with Crippen LogP contribution in [0.25, 0.3) is 16.8 Å². The molecular weight excluding hydrogens is 346 g/mol. The van der Waals surface area contributed by atoms with Crippen LogP contribution in [-0.4, -0.2) is 28.7 Å². The monoisotopic (exact) mass is 361 g/mol. The van der Waals surface area contributed by atoms with Crippen molar-refractivity contribution in [3.63, 3.8) is 0 Å². The van der Waals surface area contributed by atoms with Gasteiger partial charge in [-0.2, -0.15) is 5.26 Å². The van der Waals surface area contributed by atoms with E-state index in [1.54, 1.807) is 36.4 Å². The summed E-state index contributed by atoms with van der Waals surface area (Å²) in [5, 5.41) is 18.9. The van der Waals surface area contributed by atoms with Gasteiger partial charge in [0.15, 0.2) is 5.69 Å². The van der Waals surface area contributed by atoms with Crippen molar-refractivity contribution in [3.8, 4) is 22.9 Å². The van der Waals surface area contributed by atoms with Gasteiger partial charge in [0, 0.05) is 11.8 Å². The first kappa shape index (κ1) is 17.8. The van der Waals surface area contributed by atoms with Gasteiger partial charge in [-0.15, -0.1) is 0 Å². The van der Waals surface area contributed by atoms with Gasteiger partial charge >= 0.3 is 11.9 Å². The van der Waals surface area contributed by atoms with E-state index >= 15 is 0 Å². The summed E-state index contributed by atoms with van der Waals surface area (Å²) in [6.07, 6.45) is 1.40. The number of ether oxygens (including phenoxy) is 1. The quantitative estimate of drug-likeness (QED) is 0.689. The van der Waals surface area contributed by atoms with E-state index < -0.39 is 11.9 Å². The molecule has 0 saturated heterocycles. The number of carboxylic acid groups (broad SMARTS) is 1. The number of nitriles is 1. The fourth-order valence-corrected chi connectivity index (χ4v) is 2.93. The number of anilines is 1. The Labute approximate surface area is 154 Å². The SMILES string of the molecule is COC(=O)c1c(N)c(C#N)cn1-c1cccc(C(=O)O)c1-c1ccccc1. The molecule has 7 nitrogen and oxygen atoms in total. The fraction of sp³-hybridized carbons (Fsp3) is 0.0500. The van der Waals surface area contributed by atoms with Crippen molar-refractivity contribution in [2.24, 2.45) is 0 Å². The number of methoxy groups -OCH3 is 1. The van der Waals surface area contributed by atoms with Crippen LogP contribution in [-0.2, 0) is 4.74 Å². The molecule has 2 aromatic carbocycles. The highest BCUT2D eigenvalue weighted by molar-refractivity contribution is 6.00. The zero-order chi connectivity index (χ0) is 19.6. The average molecular weight is 361 g/mol. The first-order valence-corrected chi connectivity index (χ1v) is 7.91. The van der Waals surface area contributed by atoms with Crippen LogP contribution in [0.3, 0.4) is 0 Å². The number of hydrogen-bond donors (Lipinski definition) is 2. The molecule has 0 aliphatic heterocycles. The van der Waals surface area contributed by atoms with Gasteiger partial charge in [-0.05, 0) is 17.7 Å². The van der Waals surface area contributed by atoms with Crippen LogP contribution in [0.4, 0.5) is 5.69 Å². The third-order valence-corrected chi connectivity index (χ3v) is 4.14. The number of nitrogen functional groups attached to an aromatic ring is 1. The maximum Gasteiger partial charge on any atom is 0.357 e. The molecule has 3 aromatic rings. The normalized spacial score (nSPS) is 10.2. The van der Waals surface area contributed by atoms with Crippen LogP contribution >= 0.6 is 0 Å². The second-order valence-electron chi connectivity index (χ2n) is 5.65. The third kappa shape index (κ3) is 3.00. The van der Waals surface area contributed by atoms with E-state index in [0.717, 1.165) is 0 Å². The minimum atomic E-state index is -1.11. The lowest BCUT2D eigenvalue weighted by atomic mass is 9.97. The molecule has 1 aromatic heterocycles. The first-order chi connectivity index (χ1) is 13.0. The Hall–Kier alpha value is -4.05. The minimum absolute atomic E-state index is 0.0240. The van der Waals surface area contributed by atoms with E-state index in [2.05, 4.69) is 0 Å². The number of hydrogen-bond acceptors (Lipinski definition) is 5. The number of rotatable bonds is 4. The summed E-state index contributed by atoms with van der Waals surface area (Å²) in [4.78, 5) is 24.1. The highest BCUT2D eigenvalue weighted by Gasteiger charge is 2.25. The molecule has 0 spiro atoms. The standard InChI is InChI=1S/C20H15N3O4/c1-27-20(26)18-17(22)13(10-21)11-23(18)15-9-5-8-14(19(24)25)16(15)12-6-3-2-4-7-12/h2-9,11H,22H2,1H3,(H,24,25). The summed E-state index contributed by atoms with van der Waals surface area (Å²) >= 11 is 0. The second kappa shape index (κ2) is 7.06. The summed E-state index contributed by atoms with van der Waals surface area (Å²) in [7, 11) is 1.21.